The second kappa shape index (κ2) is 3.98. The molecule has 2 heterocycles. The Morgan fingerprint density at radius 2 is 2.00 bits per heavy atom. The lowest BCUT2D eigenvalue weighted by atomic mass is 10.1. The minimum absolute atomic E-state index is 0.509. The minimum atomic E-state index is 0.509. The van der Waals surface area contributed by atoms with Gasteiger partial charge in [-0.15, -0.1) is 0 Å². The van der Waals surface area contributed by atoms with E-state index in [4.69, 9.17) is 0 Å². The Labute approximate surface area is 104 Å². The van der Waals surface area contributed by atoms with Crippen molar-refractivity contribution in [1.29, 1.82) is 0 Å². The van der Waals surface area contributed by atoms with Gasteiger partial charge in [0.15, 0.2) is 0 Å². The van der Waals surface area contributed by atoms with Gasteiger partial charge >= 0.3 is 0 Å². The van der Waals surface area contributed by atoms with Crippen LogP contribution in [0.25, 0.3) is 0 Å². The van der Waals surface area contributed by atoms with Gasteiger partial charge in [-0.3, -0.25) is 4.90 Å². The molecule has 0 aromatic carbocycles. The molecule has 1 aliphatic carbocycles. The van der Waals surface area contributed by atoms with Gasteiger partial charge in [0.1, 0.15) is 6.17 Å². The molecule has 3 atom stereocenters. The summed E-state index contributed by atoms with van der Waals surface area (Å²) in [5.41, 5.74) is 0. The van der Waals surface area contributed by atoms with E-state index in [-0.39, 0.29) is 0 Å². The van der Waals surface area contributed by atoms with E-state index in [0.717, 1.165) is 12.1 Å². The average Bonchev–Trinajstić information content (AvgIpc) is 2.75. The first-order chi connectivity index (χ1) is 8.18. The van der Waals surface area contributed by atoms with Crippen LogP contribution in [0, 0.1) is 0 Å². The molecule has 17 heavy (non-hydrogen) atoms. The highest BCUT2D eigenvalue weighted by Crippen LogP contribution is 2.37. The van der Waals surface area contributed by atoms with Crippen molar-refractivity contribution in [2.75, 3.05) is 11.9 Å². The molecular formula is C14H22N3+. The van der Waals surface area contributed by atoms with E-state index in [2.05, 4.69) is 59.8 Å². The van der Waals surface area contributed by atoms with E-state index in [0.29, 0.717) is 6.17 Å². The standard InChI is InChI=1S/C14H22N3/c1-11-16(3)12-7-8-13(10-12)17(11)14-6-4-5-9-15(14)2/h4-6,9,11-13H,7-8,10H2,1-3H3/q+1. The molecule has 1 aromatic heterocycles. The fourth-order valence-corrected chi connectivity index (χ4v) is 3.52. The zero-order valence-electron chi connectivity index (χ0n) is 11.0. The van der Waals surface area contributed by atoms with Crippen LogP contribution in [0.4, 0.5) is 5.82 Å². The smallest absolute Gasteiger partial charge is 0.265 e. The SMILES string of the molecule is CC1N(C)C2CCC(C2)N1c1cccc[n+]1C. The quantitative estimate of drug-likeness (QED) is 0.680. The van der Waals surface area contributed by atoms with E-state index in [1.165, 1.54) is 25.1 Å². The second-order valence-corrected chi connectivity index (χ2v) is 5.50. The van der Waals surface area contributed by atoms with Gasteiger partial charge in [-0.05, 0) is 32.9 Å². The van der Waals surface area contributed by atoms with Crippen LogP contribution < -0.4 is 9.47 Å². The molecule has 92 valence electrons. The molecular weight excluding hydrogens is 210 g/mol. The van der Waals surface area contributed by atoms with Gasteiger partial charge in [0, 0.05) is 18.5 Å². The molecule has 0 radical (unpaired) electrons. The summed E-state index contributed by atoms with van der Waals surface area (Å²) in [7, 11) is 4.41. The van der Waals surface area contributed by atoms with E-state index in [1.54, 1.807) is 0 Å². The summed E-state index contributed by atoms with van der Waals surface area (Å²) >= 11 is 0. The number of hydrogen-bond acceptors (Lipinski definition) is 2. The molecule has 2 aliphatic rings. The first kappa shape index (κ1) is 11.0. The lowest BCUT2D eigenvalue weighted by Gasteiger charge is -2.41. The van der Waals surface area contributed by atoms with Crippen molar-refractivity contribution in [3.05, 3.63) is 24.4 Å². The second-order valence-electron chi connectivity index (χ2n) is 5.50. The Hall–Kier alpha value is -1.09. The van der Waals surface area contributed by atoms with Gasteiger partial charge in [0.25, 0.3) is 5.82 Å². The Kier molecular flexibility index (Phi) is 2.58. The van der Waals surface area contributed by atoms with Crippen molar-refractivity contribution >= 4 is 5.82 Å². The molecule has 3 unspecified atom stereocenters. The van der Waals surface area contributed by atoms with Gasteiger partial charge < -0.3 is 0 Å². The van der Waals surface area contributed by atoms with Crippen LogP contribution in [0.15, 0.2) is 24.4 Å². The zero-order chi connectivity index (χ0) is 12.0. The first-order valence-corrected chi connectivity index (χ1v) is 6.63. The predicted molar refractivity (Wildman–Crippen MR) is 68.7 cm³/mol. The van der Waals surface area contributed by atoms with E-state index >= 15 is 0 Å². The number of hydrogen-bond donors (Lipinski definition) is 0. The molecule has 1 saturated heterocycles. The van der Waals surface area contributed by atoms with Gasteiger partial charge in [0.2, 0.25) is 0 Å². The molecule has 1 saturated carbocycles. The summed E-state index contributed by atoms with van der Waals surface area (Å²) in [6, 6.07) is 8.02. The molecule has 2 fully saturated rings. The average molecular weight is 232 g/mol. The maximum Gasteiger partial charge on any atom is 0.277 e. The van der Waals surface area contributed by atoms with Crippen LogP contribution in [0.1, 0.15) is 26.2 Å². The lowest BCUT2D eigenvalue weighted by Crippen LogP contribution is -2.58. The van der Waals surface area contributed by atoms with Crippen molar-refractivity contribution in [1.82, 2.24) is 4.90 Å². The highest BCUT2D eigenvalue weighted by molar-refractivity contribution is 5.37. The van der Waals surface area contributed by atoms with Gasteiger partial charge in [0.05, 0.1) is 19.3 Å². The highest BCUT2D eigenvalue weighted by atomic mass is 15.4. The van der Waals surface area contributed by atoms with Gasteiger partial charge in [-0.2, -0.15) is 0 Å². The number of anilines is 1. The normalized spacial score (nSPS) is 33.1. The molecule has 0 N–H and O–H groups in total. The summed E-state index contributed by atoms with van der Waals surface area (Å²) < 4.78 is 2.24. The number of pyridine rings is 1. The van der Waals surface area contributed by atoms with Gasteiger partial charge in [-0.25, -0.2) is 9.47 Å². The maximum atomic E-state index is 2.60. The zero-order valence-corrected chi connectivity index (χ0v) is 11.0. The van der Waals surface area contributed by atoms with E-state index in [9.17, 15) is 0 Å². The Balaban J connectivity index is 1.99. The largest absolute Gasteiger partial charge is 0.277 e. The third-order valence-corrected chi connectivity index (χ3v) is 4.63. The summed E-state index contributed by atoms with van der Waals surface area (Å²) in [6.07, 6.45) is 6.68. The molecule has 1 aliphatic heterocycles. The Bertz CT molecular complexity index is 418. The highest BCUT2D eigenvalue weighted by Gasteiger charge is 2.46. The Morgan fingerprint density at radius 3 is 2.76 bits per heavy atom. The molecule has 3 heteroatoms. The fraction of sp³-hybridized carbons (Fsp3) is 0.643. The van der Waals surface area contributed by atoms with E-state index in [1.807, 2.05) is 0 Å². The van der Waals surface area contributed by atoms with Crippen LogP contribution in [0.3, 0.4) is 0 Å². The fourth-order valence-electron chi connectivity index (χ4n) is 3.52. The van der Waals surface area contributed by atoms with Crippen molar-refractivity contribution < 1.29 is 4.57 Å². The molecule has 3 nitrogen and oxygen atoms in total. The topological polar surface area (TPSA) is 10.4 Å². The maximum absolute atomic E-state index is 2.60. The summed E-state index contributed by atoms with van der Waals surface area (Å²) in [6.45, 7) is 2.33. The first-order valence-electron chi connectivity index (χ1n) is 6.63. The third kappa shape index (κ3) is 1.64. The van der Waals surface area contributed by atoms with Crippen LogP contribution in [-0.2, 0) is 7.05 Å². The molecule has 0 amide bonds. The summed E-state index contributed by atoms with van der Waals surface area (Å²) in [4.78, 5) is 5.14. The monoisotopic (exact) mass is 232 g/mol. The third-order valence-electron chi connectivity index (χ3n) is 4.63. The minimum Gasteiger partial charge on any atom is -0.265 e. The summed E-state index contributed by atoms with van der Waals surface area (Å²) in [5, 5.41) is 0. The van der Waals surface area contributed by atoms with Gasteiger partial charge in [-0.1, -0.05) is 6.07 Å². The number of aryl methyl sites for hydroxylation is 1. The number of fused-ring (bicyclic) bond motifs is 2. The van der Waals surface area contributed by atoms with Crippen LogP contribution >= 0.6 is 0 Å². The van der Waals surface area contributed by atoms with Crippen LogP contribution in [0.5, 0.6) is 0 Å². The van der Waals surface area contributed by atoms with Crippen molar-refractivity contribution in [2.45, 2.75) is 44.4 Å². The van der Waals surface area contributed by atoms with Crippen molar-refractivity contribution in [3.63, 3.8) is 0 Å². The number of aromatic nitrogens is 1. The molecule has 2 bridgehead atoms. The molecule has 1 aromatic rings. The predicted octanol–water partition coefficient (Wildman–Crippen LogP) is 1.53. The summed E-state index contributed by atoms with van der Waals surface area (Å²) in [5.74, 6) is 1.34. The van der Waals surface area contributed by atoms with Crippen molar-refractivity contribution in [2.24, 2.45) is 7.05 Å². The Morgan fingerprint density at radius 1 is 1.24 bits per heavy atom. The molecule has 3 rings (SSSR count). The van der Waals surface area contributed by atoms with Crippen molar-refractivity contribution in [3.8, 4) is 0 Å². The number of rotatable bonds is 1. The van der Waals surface area contributed by atoms with E-state index < -0.39 is 0 Å². The molecule has 0 spiro atoms. The van der Waals surface area contributed by atoms with Crippen LogP contribution in [-0.4, -0.2) is 30.2 Å². The van der Waals surface area contributed by atoms with Crippen LogP contribution in [0.2, 0.25) is 0 Å². The number of nitrogens with zero attached hydrogens (tertiary/aromatic N) is 3. The lowest BCUT2D eigenvalue weighted by molar-refractivity contribution is -0.659.